The van der Waals surface area contributed by atoms with Gasteiger partial charge in [0, 0.05) is 0 Å². The van der Waals surface area contributed by atoms with Gasteiger partial charge < -0.3 is 4.74 Å². The molecule has 11 heteroatoms. The molecule has 0 spiro atoms. The molecule has 0 aliphatic heterocycles. The summed E-state index contributed by atoms with van der Waals surface area (Å²) in [5.41, 5.74) is 0. The fraction of sp³-hybridized carbons (Fsp3) is 1.00. The third-order valence-corrected chi connectivity index (χ3v) is 0.452. The maximum atomic E-state index is 11.5. The second-order valence-electron chi connectivity index (χ2n) is 1.57. The van der Waals surface area contributed by atoms with Crippen LogP contribution in [-0.2, 0) is 4.74 Å². The van der Waals surface area contributed by atoms with Crippen molar-refractivity contribution in [2.24, 2.45) is 0 Å². The van der Waals surface area contributed by atoms with Crippen LogP contribution in [0, 0.1) is 0 Å². The van der Waals surface area contributed by atoms with E-state index in [-0.39, 0.29) is 29.7 Å². The van der Waals surface area contributed by atoms with Crippen LogP contribution in [0.3, 0.4) is 0 Å². The lowest BCUT2D eigenvalue weighted by atomic mass is 10.7. The molecule has 0 radical (unpaired) electrons. The van der Waals surface area contributed by atoms with Gasteiger partial charge in [0.1, 0.15) is 6.61 Å². The Morgan fingerprint density at radius 3 is 0.870 bits per heavy atom. The summed E-state index contributed by atoms with van der Waals surface area (Å²) in [5.74, 6) is 0. The predicted octanol–water partition coefficient (Wildman–Crippen LogP) is 7.36. The Morgan fingerprint density at radius 1 is 0.652 bits per heavy atom. The van der Waals surface area contributed by atoms with Crippen molar-refractivity contribution in [3.63, 3.8) is 0 Å². The van der Waals surface area contributed by atoms with E-state index in [1.165, 1.54) is 0 Å². The Bertz CT molecular complexity index is 87.2. The minimum atomic E-state index is -2.58. The van der Waals surface area contributed by atoms with Crippen LogP contribution in [0.4, 0.5) is 43.9 Å². The summed E-state index contributed by atoms with van der Waals surface area (Å²) in [6, 6.07) is 0. The molecule has 0 aliphatic rings. The van der Waals surface area contributed by atoms with Gasteiger partial charge in [-0.25, -0.2) is 39.5 Å². The lowest BCUT2D eigenvalue weighted by Crippen LogP contribution is -2.08. The molecule has 0 rings (SSSR count). The predicted molar refractivity (Wildman–Crippen MR) is 77.7 cm³/mol. The summed E-state index contributed by atoms with van der Waals surface area (Å²) >= 11 is 0. The van der Waals surface area contributed by atoms with Gasteiger partial charge in [-0.1, -0.05) is 29.7 Å². The molecule has 0 aliphatic carbocycles. The van der Waals surface area contributed by atoms with E-state index in [4.69, 9.17) is 0 Å². The average Bonchev–Trinajstić information content (AvgIpc) is 2.32. The quantitative estimate of drug-likeness (QED) is 0.463. The Labute approximate surface area is 134 Å². The molecule has 1 atom stereocenters. The minimum absolute atomic E-state index is 0. The van der Waals surface area contributed by atoms with Crippen LogP contribution in [0.25, 0.3) is 0 Å². The first kappa shape index (κ1) is 57.2. The molecule has 0 heterocycles. The van der Waals surface area contributed by atoms with E-state index in [1.54, 1.807) is 0 Å². The van der Waals surface area contributed by atoms with Crippen molar-refractivity contribution in [3.8, 4) is 0 Å². The van der Waals surface area contributed by atoms with Crippen molar-refractivity contribution >= 4 is 0 Å². The summed E-state index contributed by atoms with van der Waals surface area (Å²) < 4.78 is 105. The smallest absolute Gasteiger partial charge is 0.261 e. The fourth-order valence-corrected chi connectivity index (χ4v) is 0.205. The lowest BCUT2D eigenvalue weighted by Gasteiger charge is -2.01. The molecule has 0 bridgehead atoms. The van der Waals surface area contributed by atoms with Crippen molar-refractivity contribution in [1.29, 1.82) is 0 Å². The normalized spacial score (nSPS) is 7.70. The highest BCUT2D eigenvalue weighted by Gasteiger charge is 2.04. The van der Waals surface area contributed by atoms with Crippen LogP contribution < -0.4 is 0 Å². The highest BCUT2D eigenvalue weighted by molar-refractivity contribution is 4.33. The maximum absolute atomic E-state index is 11.5. The van der Waals surface area contributed by atoms with E-state index >= 15 is 0 Å². The van der Waals surface area contributed by atoms with Gasteiger partial charge in [0.2, 0.25) is 20.8 Å². The van der Waals surface area contributed by atoms with E-state index in [0.29, 0.717) is 7.18 Å². The summed E-state index contributed by atoms with van der Waals surface area (Å²) in [7, 11) is 0.500. The molecule has 0 aromatic rings. The van der Waals surface area contributed by atoms with Gasteiger partial charge in [-0.05, 0) is 6.92 Å². The summed E-state index contributed by atoms with van der Waals surface area (Å²) in [4.78, 5) is 0. The fourth-order valence-electron chi connectivity index (χ4n) is 0.205. The zero-order valence-electron chi connectivity index (χ0n) is 10.2. The van der Waals surface area contributed by atoms with Crippen molar-refractivity contribution in [2.75, 3.05) is 34.6 Å². The van der Waals surface area contributed by atoms with Gasteiger partial charge in [-0.2, -0.15) is 0 Å². The Kier molecular flexibility index (Phi) is 206. The second-order valence-corrected chi connectivity index (χ2v) is 1.57. The van der Waals surface area contributed by atoms with Crippen LogP contribution in [0.15, 0.2) is 0 Å². The Morgan fingerprint density at radius 2 is 0.826 bits per heavy atom. The highest BCUT2D eigenvalue weighted by atomic mass is 19.3. The first-order chi connectivity index (χ1) is 8.87. The highest BCUT2D eigenvalue weighted by Crippen LogP contribution is 1.96. The van der Waals surface area contributed by atoms with Gasteiger partial charge in [-0.15, -0.1) is 0 Å². The van der Waals surface area contributed by atoms with Gasteiger partial charge in [-0.3, -0.25) is 4.39 Å². The maximum Gasteiger partial charge on any atom is 0.261 e. The molecular formula is C12H32F10O. The zero-order valence-corrected chi connectivity index (χ0v) is 10.2. The first-order valence-corrected chi connectivity index (χ1v) is 4.15. The third-order valence-electron chi connectivity index (χ3n) is 0.452. The molecule has 156 valence electrons. The SMILES string of the molecule is C.C.C.C.CC(F)OCC(F)F.CF.FCF.FCF.FCF. The zero-order chi connectivity index (χ0) is 16.7. The van der Waals surface area contributed by atoms with Crippen LogP contribution in [0.1, 0.15) is 36.6 Å². The second kappa shape index (κ2) is 82.9. The van der Waals surface area contributed by atoms with Crippen molar-refractivity contribution < 1.29 is 48.6 Å². The lowest BCUT2D eigenvalue weighted by molar-refractivity contribution is -0.0717. The number of alkyl halides is 10. The molecule has 0 aromatic heterocycles. The Hall–Kier alpha value is -0.740. The summed E-state index contributed by atoms with van der Waals surface area (Å²) in [6.07, 6.45) is -4.17. The van der Waals surface area contributed by atoms with Gasteiger partial charge in [0.25, 0.3) is 6.43 Å². The molecule has 0 amide bonds. The standard InChI is InChI=1S/C4H7F3O.3CH2F2.CH3F.4CH4/c1-3(5)8-2-4(6)7;3*2-1-3;1-2;;;;/h3-4H,2H2,1H3;3*1H2;1H3;4*1H4. The molecule has 23 heavy (non-hydrogen) atoms. The number of ether oxygens (including phenoxy) is 1. The van der Waals surface area contributed by atoms with E-state index in [1.807, 2.05) is 0 Å². The van der Waals surface area contributed by atoms with E-state index in [2.05, 4.69) is 4.74 Å². The topological polar surface area (TPSA) is 9.23 Å². The molecule has 0 N–H and O–H groups in total. The van der Waals surface area contributed by atoms with Crippen molar-refractivity contribution in [2.45, 2.75) is 49.4 Å². The molecule has 0 saturated heterocycles. The van der Waals surface area contributed by atoms with E-state index in [0.717, 1.165) is 6.92 Å². The molecule has 0 aromatic carbocycles. The largest absolute Gasteiger partial charge is 0.342 e. The van der Waals surface area contributed by atoms with Crippen molar-refractivity contribution in [3.05, 3.63) is 0 Å². The molecule has 1 unspecified atom stereocenters. The van der Waals surface area contributed by atoms with Crippen LogP contribution in [0.5, 0.6) is 0 Å². The number of halogens is 10. The summed E-state index contributed by atoms with van der Waals surface area (Å²) in [5, 5.41) is 0. The number of hydrogen-bond acceptors (Lipinski definition) is 1. The Balaban J connectivity index is -0.0000000163. The van der Waals surface area contributed by atoms with E-state index in [9.17, 15) is 43.9 Å². The van der Waals surface area contributed by atoms with Gasteiger partial charge >= 0.3 is 0 Å². The number of rotatable bonds is 3. The molecule has 0 saturated carbocycles. The van der Waals surface area contributed by atoms with Gasteiger partial charge in [0.15, 0.2) is 6.36 Å². The minimum Gasteiger partial charge on any atom is -0.342 e. The molecule has 0 fully saturated rings. The van der Waals surface area contributed by atoms with Crippen LogP contribution >= 0.6 is 0 Å². The molecular weight excluding hydrogens is 350 g/mol. The van der Waals surface area contributed by atoms with Crippen LogP contribution in [0.2, 0.25) is 0 Å². The molecule has 1 nitrogen and oxygen atoms in total. The van der Waals surface area contributed by atoms with Crippen LogP contribution in [-0.4, -0.2) is 47.4 Å². The monoisotopic (exact) mass is 382 g/mol. The van der Waals surface area contributed by atoms with Gasteiger partial charge in [0.05, 0.1) is 7.18 Å². The van der Waals surface area contributed by atoms with E-state index < -0.39 is 40.2 Å². The first-order valence-electron chi connectivity index (χ1n) is 4.15. The number of hydrogen-bond donors (Lipinski definition) is 0. The third kappa shape index (κ3) is 435. The van der Waals surface area contributed by atoms with Crippen molar-refractivity contribution in [1.82, 2.24) is 0 Å². The summed E-state index contributed by atoms with van der Waals surface area (Å²) in [6.45, 7) is -5.01. The average molecular weight is 382 g/mol.